The Hall–Kier alpha value is -2.48. The summed E-state index contributed by atoms with van der Waals surface area (Å²) in [5, 5.41) is 9.25. The van der Waals surface area contributed by atoms with Gasteiger partial charge in [-0.15, -0.1) is 0 Å². The molecular weight excluding hydrogens is 422 g/mol. The lowest BCUT2D eigenvalue weighted by Gasteiger charge is -2.15. The van der Waals surface area contributed by atoms with Crippen LogP contribution in [-0.4, -0.2) is 36.2 Å². The molecule has 3 N–H and O–H groups in total. The number of benzene rings is 2. The Kier molecular flexibility index (Phi) is 8.19. The molecule has 1 heterocycles. The van der Waals surface area contributed by atoms with E-state index in [1.54, 1.807) is 30.3 Å². The number of aryl methyl sites for hydroxylation is 1. The number of nitrogens with one attached hydrogen (secondary N) is 3. The Morgan fingerprint density at radius 2 is 1.90 bits per heavy atom. The van der Waals surface area contributed by atoms with Crippen molar-refractivity contribution in [1.29, 1.82) is 0 Å². The summed E-state index contributed by atoms with van der Waals surface area (Å²) in [6.45, 7) is 1.21. The summed E-state index contributed by atoms with van der Waals surface area (Å²) in [6.07, 6.45) is 2.78. The third kappa shape index (κ3) is 6.52. The molecule has 0 saturated carbocycles. The Labute approximate surface area is 186 Å². The van der Waals surface area contributed by atoms with Gasteiger partial charge in [-0.05, 0) is 55.2 Å². The zero-order valence-electron chi connectivity index (χ0n) is 16.4. The molecule has 1 aliphatic rings. The van der Waals surface area contributed by atoms with Gasteiger partial charge in [0.25, 0.3) is 5.91 Å². The van der Waals surface area contributed by atoms with E-state index >= 15 is 0 Å². The molecule has 1 fully saturated rings. The second kappa shape index (κ2) is 11.1. The van der Waals surface area contributed by atoms with E-state index in [9.17, 15) is 9.59 Å². The quantitative estimate of drug-likeness (QED) is 0.566. The first-order valence-corrected chi connectivity index (χ1v) is 10.6. The number of halogens is 1. The number of para-hydroxylation sites is 1. The van der Waals surface area contributed by atoms with Gasteiger partial charge in [0.15, 0.2) is 5.11 Å². The van der Waals surface area contributed by atoms with Gasteiger partial charge < -0.3 is 20.7 Å². The molecule has 1 atom stereocenters. The molecule has 1 aliphatic heterocycles. The van der Waals surface area contributed by atoms with Crippen LogP contribution in [0.1, 0.15) is 35.2 Å². The minimum atomic E-state index is -0.229. The molecule has 2 amide bonds. The average Bonchev–Trinajstić information content (AvgIpc) is 3.25. The first-order chi connectivity index (χ1) is 14.5. The molecule has 1 saturated heterocycles. The van der Waals surface area contributed by atoms with Gasteiger partial charge in [-0.25, -0.2) is 0 Å². The van der Waals surface area contributed by atoms with Crippen LogP contribution in [0.15, 0.2) is 48.5 Å². The molecule has 2 aromatic carbocycles. The van der Waals surface area contributed by atoms with Crippen molar-refractivity contribution < 1.29 is 14.3 Å². The number of hydrogen-bond donors (Lipinski definition) is 3. The monoisotopic (exact) mass is 445 g/mol. The highest BCUT2D eigenvalue weighted by molar-refractivity contribution is 7.80. The van der Waals surface area contributed by atoms with Crippen LogP contribution in [0.25, 0.3) is 0 Å². The minimum absolute atomic E-state index is 0.0625. The fourth-order valence-corrected chi connectivity index (χ4v) is 3.64. The topological polar surface area (TPSA) is 79.5 Å². The van der Waals surface area contributed by atoms with Gasteiger partial charge in [0.05, 0.1) is 17.4 Å². The molecule has 0 spiro atoms. The summed E-state index contributed by atoms with van der Waals surface area (Å²) < 4.78 is 5.53. The van der Waals surface area contributed by atoms with E-state index in [2.05, 4.69) is 16.0 Å². The number of carbonyl (C=O) groups excluding carboxylic acids is 2. The minimum Gasteiger partial charge on any atom is -0.376 e. The van der Waals surface area contributed by atoms with E-state index in [0.29, 0.717) is 29.2 Å². The average molecular weight is 446 g/mol. The summed E-state index contributed by atoms with van der Waals surface area (Å²) in [7, 11) is 0. The highest BCUT2D eigenvalue weighted by Crippen LogP contribution is 2.17. The van der Waals surface area contributed by atoms with Crippen LogP contribution in [0.4, 0.5) is 5.69 Å². The van der Waals surface area contributed by atoms with Crippen LogP contribution in [0, 0.1) is 0 Å². The van der Waals surface area contributed by atoms with Gasteiger partial charge in [-0.1, -0.05) is 41.9 Å². The lowest BCUT2D eigenvalue weighted by molar-refractivity contribution is -0.119. The van der Waals surface area contributed by atoms with Gasteiger partial charge >= 0.3 is 0 Å². The predicted octanol–water partition coefficient (Wildman–Crippen LogP) is 3.69. The maximum Gasteiger partial charge on any atom is 0.253 e. The highest BCUT2D eigenvalue weighted by Gasteiger charge is 2.18. The summed E-state index contributed by atoms with van der Waals surface area (Å²) in [5.74, 6) is -0.450. The van der Waals surface area contributed by atoms with Crippen LogP contribution in [0.2, 0.25) is 5.02 Å². The maximum absolute atomic E-state index is 12.6. The van der Waals surface area contributed by atoms with Crippen molar-refractivity contribution >= 4 is 46.4 Å². The zero-order chi connectivity index (χ0) is 21.3. The molecule has 30 heavy (non-hydrogen) atoms. The number of hydrogen-bond acceptors (Lipinski definition) is 4. The second-order valence-electron chi connectivity index (χ2n) is 6.98. The molecule has 1 unspecified atom stereocenters. The first kappa shape index (κ1) is 22.2. The number of thiocarbonyl (C=S) groups is 1. The SMILES string of the molecule is O=C(CCc1ccccc1Cl)NC(=S)Nc1ccccc1C(=O)NCC1CCCO1. The van der Waals surface area contributed by atoms with E-state index in [1.165, 1.54) is 0 Å². The van der Waals surface area contributed by atoms with Crippen LogP contribution < -0.4 is 16.0 Å². The van der Waals surface area contributed by atoms with Crippen LogP contribution in [-0.2, 0) is 16.0 Å². The van der Waals surface area contributed by atoms with Crippen molar-refractivity contribution in [3.05, 3.63) is 64.7 Å². The summed E-state index contributed by atoms with van der Waals surface area (Å²) in [5.41, 5.74) is 1.88. The Balaban J connectivity index is 1.51. The molecule has 0 aromatic heterocycles. The largest absolute Gasteiger partial charge is 0.376 e. The lowest BCUT2D eigenvalue weighted by atomic mass is 10.1. The third-order valence-electron chi connectivity index (χ3n) is 4.77. The molecule has 3 rings (SSSR count). The smallest absolute Gasteiger partial charge is 0.253 e. The number of amides is 2. The van der Waals surface area contributed by atoms with Crippen molar-refractivity contribution in [1.82, 2.24) is 10.6 Å². The number of rotatable bonds is 7. The van der Waals surface area contributed by atoms with Crippen LogP contribution >= 0.6 is 23.8 Å². The molecule has 6 nitrogen and oxygen atoms in total. The van der Waals surface area contributed by atoms with E-state index in [-0.39, 0.29) is 29.5 Å². The maximum atomic E-state index is 12.6. The van der Waals surface area contributed by atoms with Crippen LogP contribution in [0.3, 0.4) is 0 Å². The van der Waals surface area contributed by atoms with Gasteiger partial charge in [0, 0.05) is 24.6 Å². The standard InChI is InChI=1S/C22H24ClN3O3S/c23-18-9-3-1-6-15(18)11-12-20(27)26-22(30)25-19-10-4-2-8-17(19)21(28)24-14-16-7-5-13-29-16/h1-4,6,8-10,16H,5,7,11-14H2,(H,24,28)(H2,25,26,27,30). The third-order valence-corrected chi connectivity index (χ3v) is 5.34. The summed E-state index contributed by atoms with van der Waals surface area (Å²) in [4.78, 5) is 24.8. The van der Waals surface area contributed by atoms with Gasteiger partial charge in [-0.2, -0.15) is 0 Å². The fourth-order valence-electron chi connectivity index (χ4n) is 3.19. The van der Waals surface area contributed by atoms with E-state index in [1.807, 2.05) is 18.2 Å². The van der Waals surface area contributed by atoms with Gasteiger partial charge in [0.2, 0.25) is 5.91 Å². The molecule has 158 valence electrons. The molecule has 0 radical (unpaired) electrons. The Morgan fingerprint density at radius 1 is 1.13 bits per heavy atom. The zero-order valence-corrected chi connectivity index (χ0v) is 18.0. The Bertz CT molecular complexity index is 916. The van der Waals surface area contributed by atoms with E-state index < -0.39 is 0 Å². The lowest BCUT2D eigenvalue weighted by Crippen LogP contribution is -2.36. The van der Waals surface area contributed by atoms with Crippen molar-refractivity contribution in [2.24, 2.45) is 0 Å². The molecule has 2 aromatic rings. The Morgan fingerprint density at radius 3 is 2.67 bits per heavy atom. The summed E-state index contributed by atoms with van der Waals surface area (Å²) in [6, 6.07) is 14.4. The van der Waals surface area contributed by atoms with E-state index in [4.69, 9.17) is 28.6 Å². The normalized spacial score (nSPS) is 15.4. The molecule has 8 heteroatoms. The number of ether oxygens (including phenoxy) is 1. The van der Waals surface area contributed by atoms with Crippen molar-refractivity contribution in [3.63, 3.8) is 0 Å². The van der Waals surface area contributed by atoms with Gasteiger partial charge in [0.1, 0.15) is 0 Å². The highest BCUT2D eigenvalue weighted by atomic mass is 35.5. The fraction of sp³-hybridized carbons (Fsp3) is 0.318. The summed E-state index contributed by atoms with van der Waals surface area (Å²) >= 11 is 11.4. The molecular formula is C22H24ClN3O3S. The molecule has 0 bridgehead atoms. The number of carbonyl (C=O) groups is 2. The van der Waals surface area contributed by atoms with Crippen molar-refractivity contribution in [2.75, 3.05) is 18.5 Å². The second-order valence-corrected chi connectivity index (χ2v) is 7.80. The number of anilines is 1. The first-order valence-electron chi connectivity index (χ1n) is 9.86. The predicted molar refractivity (Wildman–Crippen MR) is 122 cm³/mol. The van der Waals surface area contributed by atoms with E-state index in [0.717, 1.165) is 25.0 Å². The van der Waals surface area contributed by atoms with Crippen molar-refractivity contribution in [3.8, 4) is 0 Å². The van der Waals surface area contributed by atoms with Gasteiger partial charge in [-0.3, -0.25) is 9.59 Å². The van der Waals surface area contributed by atoms with Crippen molar-refractivity contribution in [2.45, 2.75) is 31.8 Å². The molecule has 0 aliphatic carbocycles. The van der Waals surface area contributed by atoms with Crippen LogP contribution in [0.5, 0.6) is 0 Å².